The molecule has 2 aliphatic rings. The van der Waals surface area contributed by atoms with Gasteiger partial charge >= 0.3 is 0 Å². The van der Waals surface area contributed by atoms with E-state index in [0.29, 0.717) is 12.3 Å². The van der Waals surface area contributed by atoms with Crippen LogP contribution in [0.15, 0.2) is 24.4 Å². The van der Waals surface area contributed by atoms with Crippen molar-refractivity contribution in [3.63, 3.8) is 0 Å². The first-order chi connectivity index (χ1) is 13.1. The fraction of sp³-hybridized carbons (Fsp3) is 0.600. The van der Waals surface area contributed by atoms with Gasteiger partial charge in [-0.25, -0.2) is 0 Å². The van der Waals surface area contributed by atoms with E-state index >= 15 is 0 Å². The van der Waals surface area contributed by atoms with Crippen molar-refractivity contribution in [2.45, 2.75) is 45.6 Å². The van der Waals surface area contributed by atoms with Gasteiger partial charge in [-0.1, -0.05) is 10.6 Å². The SMILES string of the molecule is Cc1nnsc1CN1CCCC2(CCC(=O)N(CCc3ccccn3)C2)C1. The van der Waals surface area contributed by atoms with Crippen LogP contribution in [0.4, 0.5) is 0 Å². The summed E-state index contributed by atoms with van der Waals surface area (Å²) in [4.78, 5) is 22.8. The van der Waals surface area contributed by atoms with Crippen molar-refractivity contribution < 1.29 is 4.79 Å². The zero-order valence-corrected chi connectivity index (χ0v) is 16.7. The average molecular weight is 386 g/mol. The van der Waals surface area contributed by atoms with Crippen LogP contribution >= 0.6 is 11.5 Å². The number of rotatable bonds is 5. The second-order valence-electron chi connectivity index (χ2n) is 7.98. The Morgan fingerprint density at radius 3 is 2.96 bits per heavy atom. The molecule has 1 amide bonds. The van der Waals surface area contributed by atoms with E-state index in [4.69, 9.17) is 0 Å². The van der Waals surface area contributed by atoms with Gasteiger partial charge in [0.15, 0.2) is 0 Å². The number of aromatic nitrogens is 3. The second kappa shape index (κ2) is 8.02. The Morgan fingerprint density at radius 1 is 1.26 bits per heavy atom. The van der Waals surface area contributed by atoms with Gasteiger partial charge in [0.2, 0.25) is 5.91 Å². The molecule has 144 valence electrons. The molecule has 27 heavy (non-hydrogen) atoms. The van der Waals surface area contributed by atoms with Gasteiger partial charge in [-0.3, -0.25) is 14.7 Å². The molecule has 4 rings (SSSR count). The first-order valence-electron chi connectivity index (χ1n) is 9.81. The Bertz CT molecular complexity index is 780. The standard InChI is InChI=1S/C20H27N5OS/c1-16-18(27-23-22-16)13-24-11-4-8-20(14-24)9-6-19(26)25(15-20)12-7-17-5-2-3-10-21-17/h2-3,5,10H,4,6-9,11-15H2,1H3. The minimum Gasteiger partial charge on any atom is -0.342 e. The Kier molecular flexibility index (Phi) is 5.50. The molecule has 2 fully saturated rings. The van der Waals surface area contributed by atoms with Crippen LogP contribution in [0.2, 0.25) is 0 Å². The summed E-state index contributed by atoms with van der Waals surface area (Å²) in [5, 5.41) is 4.14. The predicted molar refractivity (Wildman–Crippen MR) is 105 cm³/mol. The van der Waals surface area contributed by atoms with Crippen molar-refractivity contribution in [2.75, 3.05) is 26.2 Å². The lowest BCUT2D eigenvalue weighted by Gasteiger charge is -2.48. The highest BCUT2D eigenvalue weighted by Crippen LogP contribution is 2.39. The number of carbonyl (C=O) groups is 1. The van der Waals surface area contributed by atoms with E-state index in [-0.39, 0.29) is 5.41 Å². The molecule has 4 heterocycles. The molecule has 2 aliphatic heterocycles. The third-order valence-electron chi connectivity index (χ3n) is 5.97. The van der Waals surface area contributed by atoms with Crippen LogP contribution in [-0.2, 0) is 17.8 Å². The Balaban J connectivity index is 1.39. The summed E-state index contributed by atoms with van der Waals surface area (Å²) in [5.74, 6) is 0.302. The second-order valence-corrected chi connectivity index (χ2v) is 8.82. The van der Waals surface area contributed by atoms with E-state index in [0.717, 1.165) is 57.0 Å². The smallest absolute Gasteiger partial charge is 0.222 e. The minimum atomic E-state index is 0.238. The van der Waals surface area contributed by atoms with Gasteiger partial charge in [-0.15, -0.1) is 5.10 Å². The summed E-state index contributed by atoms with van der Waals surface area (Å²) in [6.45, 7) is 6.83. The van der Waals surface area contributed by atoms with Crippen LogP contribution in [-0.4, -0.2) is 56.5 Å². The molecule has 0 aliphatic carbocycles. The maximum absolute atomic E-state index is 12.5. The zero-order valence-electron chi connectivity index (χ0n) is 15.9. The van der Waals surface area contributed by atoms with Crippen molar-refractivity contribution >= 4 is 17.4 Å². The van der Waals surface area contributed by atoms with E-state index in [9.17, 15) is 4.79 Å². The molecule has 0 saturated carbocycles. The zero-order chi connectivity index (χ0) is 18.7. The van der Waals surface area contributed by atoms with Gasteiger partial charge in [-0.05, 0) is 56.4 Å². The molecule has 0 N–H and O–H groups in total. The predicted octanol–water partition coefficient (Wildman–Crippen LogP) is 2.69. The molecule has 7 heteroatoms. The minimum absolute atomic E-state index is 0.238. The number of likely N-dealkylation sites (tertiary alicyclic amines) is 2. The van der Waals surface area contributed by atoms with E-state index < -0.39 is 0 Å². The highest BCUT2D eigenvalue weighted by molar-refractivity contribution is 7.05. The molecule has 0 radical (unpaired) electrons. The summed E-state index contributed by atoms with van der Waals surface area (Å²) in [7, 11) is 0. The van der Waals surface area contributed by atoms with E-state index in [1.54, 1.807) is 0 Å². The lowest BCUT2D eigenvalue weighted by atomic mass is 9.73. The maximum Gasteiger partial charge on any atom is 0.222 e. The summed E-state index contributed by atoms with van der Waals surface area (Å²) in [6, 6.07) is 5.98. The van der Waals surface area contributed by atoms with Crippen molar-refractivity contribution in [3.05, 3.63) is 40.7 Å². The van der Waals surface area contributed by atoms with E-state index in [2.05, 4.69) is 24.4 Å². The van der Waals surface area contributed by atoms with Gasteiger partial charge < -0.3 is 4.90 Å². The van der Waals surface area contributed by atoms with Gasteiger partial charge in [-0.2, -0.15) is 0 Å². The van der Waals surface area contributed by atoms with Crippen molar-refractivity contribution in [1.29, 1.82) is 0 Å². The number of piperidine rings is 2. The summed E-state index contributed by atoms with van der Waals surface area (Å²) >= 11 is 1.51. The fourth-order valence-electron chi connectivity index (χ4n) is 4.48. The Labute approximate surface area is 164 Å². The highest BCUT2D eigenvalue weighted by Gasteiger charge is 2.41. The summed E-state index contributed by atoms with van der Waals surface area (Å²) < 4.78 is 4.07. The molecule has 2 saturated heterocycles. The van der Waals surface area contributed by atoms with Gasteiger partial charge in [0.1, 0.15) is 0 Å². The number of aryl methyl sites for hydroxylation is 1. The van der Waals surface area contributed by atoms with Crippen LogP contribution in [0, 0.1) is 12.3 Å². The first-order valence-corrected chi connectivity index (χ1v) is 10.6. The topological polar surface area (TPSA) is 62.2 Å². The lowest BCUT2D eigenvalue weighted by Crippen LogP contribution is -2.54. The molecule has 1 spiro atoms. The molecule has 1 unspecified atom stereocenters. The monoisotopic (exact) mass is 385 g/mol. The number of amides is 1. The number of pyridine rings is 1. The van der Waals surface area contributed by atoms with Crippen molar-refractivity contribution in [2.24, 2.45) is 5.41 Å². The van der Waals surface area contributed by atoms with Crippen LogP contribution < -0.4 is 0 Å². The molecular weight excluding hydrogens is 358 g/mol. The van der Waals surface area contributed by atoms with Gasteiger partial charge in [0.05, 0.1) is 10.6 Å². The normalized spacial score (nSPS) is 23.9. The molecular formula is C20H27N5OS. The third-order valence-corrected chi connectivity index (χ3v) is 6.77. The molecule has 0 aromatic carbocycles. The lowest BCUT2D eigenvalue weighted by molar-refractivity contribution is -0.139. The van der Waals surface area contributed by atoms with Crippen LogP contribution in [0.3, 0.4) is 0 Å². The molecule has 2 aromatic heterocycles. The highest BCUT2D eigenvalue weighted by atomic mass is 32.1. The van der Waals surface area contributed by atoms with E-state index in [1.165, 1.54) is 29.3 Å². The average Bonchev–Trinajstić information content (AvgIpc) is 3.08. The van der Waals surface area contributed by atoms with Crippen LogP contribution in [0.1, 0.15) is 41.9 Å². The quantitative estimate of drug-likeness (QED) is 0.792. The van der Waals surface area contributed by atoms with E-state index in [1.807, 2.05) is 31.3 Å². The number of hydrogen-bond donors (Lipinski definition) is 0. The molecule has 6 nitrogen and oxygen atoms in total. The fourth-order valence-corrected chi connectivity index (χ4v) is 5.15. The van der Waals surface area contributed by atoms with Gasteiger partial charge in [0, 0.05) is 56.3 Å². The Morgan fingerprint density at radius 2 is 2.19 bits per heavy atom. The summed E-state index contributed by atoms with van der Waals surface area (Å²) in [6.07, 6.45) is 6.77. The number of carbonyl (C=O) groups excluding carboxylic acids is 1. The van der Waals surface area contributed by atoms with Crippen molar-refractivity contribution in [1.82, 2.24) is 24.4 Å². The Hall–Kier alpha value is -1.86. The molecule has 2 aromatic rings. The van der Waals surface area contributed by atoms with Crippen LogP contribution in [0.5, 0.6) is 0 Å². The molecule has 1 atom stereocenters. The van der Waals surface area contributed by atoms with Crippen molar-refractivity contribution in [3.8, 4) is 0 Å². The number of hydrogen-bond acceptors (Lipinski definition) is 6. The third kappa shape index (κ3) is 4.35. The maximum atomic E-state index is 12.5. The largest absolute Gasteiger partial charge is 0.342 e. The van der Waals surface area contributed by atoms with Crippen LogP contribution in [0.25, 0.3) is 0 Å². The summed E-state index contributed by atoms with van der Waals surface area (Å²) in [5.41, 5.74) is 2.35. The molecule has 0 bridgehead atoms. The van der Waals surface area contributed by atoms with Gasteiger partial charge in [0.25, 0.3) is 0 Å². The number of nitrogens with zero attached hydrogens (tertiary/aromatic N) is 5. The first kappa shape index (κ1) is 18.5.